The fourth-order valence-corrected chi connectivity index (χ4v) is 5.72. The number of hydrogen-bond acceptors (Lipinski definition) is 4. The monoisotopic (exact) mass is 532 g/mol. The molecular weight excluding hydrogens is 472 g/mol. The zero-order valence-electron chi connectivity index (χ0n) is 25.1. The maximum Gasteiger partial charge on any atom is 0.158 e. The van der Waals surface area contributed by atoms with E-state index >= 15 is 0 Å². The molecule has 0 saturated carbocycles. The van der Waals surface area contributed by atoms with Crippen molar-refractivity contribution < 1.29 is 19.8 Å². The predicted molar refractivity (Wildman–Crippen MR) is 160 cm³/mol. The molecule has 0 aliphatic heterocycles. The van der Waals surface area contributed by atoms with Crippen molar-refractivity contribution in [1.29, 1.82) is 0 Å². The molecule has 0 aromatic heterocycles. The fraction of sp³-hybridized carbons (Fsp3) is 0.824. The minimum Gasteiger partial charge on any atom is -0.396 e. The Bertz CT molecular complexity index is 643. The van der Waals surface area contributed by atoms with Crippen LogP contribution in [0, 0.1) is 0 Å². The summed E-state index contributed by atoms with van der Waals surface area (Å²) in [5, 5.41) is 17.3. The predicted octanol–water partition coefficient (Wildman–Crippen LogP) is 9.12. The number of aliphatic hydroxyl groups excluding tert-OH is 2. The van der Waals surface area contributed by atoms with Crippen LogP contribution in [0.25, 0.3) is 0 Å². The van der Waals surface area contributed by atoms with Crippen molar-refractivity contribution in [2.24, 2.45) is 0 Å². The summed E-state index contributed by atoms with van der Waals surface area (Å²) in [4.78, 5) is 23.2. The Morgan fingerprint density at radius 3 is 1.05 bits per heavy atom. The summed E-state index contributed by atoms with van der Waals surface area (Å²) in [5.74, 6) is 0.760. The van der Waals surface area contributed by atoms with Crippen molar-refractivity contribution in [2.45, 2.75) is 168 Å². The van der Waals surface area contributed by atoms with Crippen LogP contribution in [0.3, 0.4) is 0 Å². The lowest BCUT2D eigenvalue weighted by Gasteiger charge is -2.16. The van der Waals surface area contributed by atoms with Gasteiger partial charge < -0.3 is 10.2 Å². The number of allylic oxidation sites excluding steroid dienone is 4. The van der Waals surface area contributed by atoms with E-state index in [0.29, 0.717) is 24.8 Å². The second kappa shape index (κ2) is 23.6. The minimum atomic E-state index is 0.340. The molecule has 2 rings (SSSR count). The number of aliphatic hydroxyl groups is 2. The van der Waals surface area contributed by atoms with Gasteiger partial charge in [-0.3, -0.25) is 9.59 Å². The van der Waals surface area contributed by atoms with Crippen LogP contribution in [0.4, 0.5) is 0 Å². The van der Waals surface area contributed by atoms with E-state index in [-0.39, 0.29) is 0 Å². The Morgan fingerprint density at radius 1 is 0.447 bits per heavy atom. The van der Waals surface area contributed by atoms with Gasteiger partial charge in [0.15, 0.2) is 11.6 Å². The Hall–Kier alpha value is -1.26. The highest BCUT2D eigenvalue weighted by molar-refractivity contribution is 5.96. The summed E-state index contributed by atoms with van der Waals surface area (Å²) in [5.41, 5.74) is 4.99. The SMILES string of the molecule is CC1=C(CCCCCCCCCCO)CCCC1=O.CC1=C(CCCCCCCCCCO)CCCC1=O. The number of carbonyl (C=O) groups is 2. The largest absolute Gasteiger partial charge is 0.396 e. The number of carbonyl (C=O) groups excluding carboxylic acids is 2. The maximum atomic E-state index is 11.6. The zero-order valence-corrected chi connectivity index (χ0v) is 25.1. The van der Waals surface area contributed by atoms with Crippen molar-refractivity contribution in [3.05, 3.63) is 22.3 Å². The smallest absolute Gasteiger partial charge is 0.158 e. The van der Waals surface area contributed by atoms with Crippen LogP contribution in [0.1, 0.15) is 168 Å². The van der Waals surface area contributed by atoms with Gasteiger partial charge in [-0.05, 0) is 89.2 Å². The van der Waals surface area contributed by atoms with E-state index in [0.717, 1.165) is 75.4 Å². The Labute approximate surface area is 234 Å². The highest BCUT2D eigenvalue weighted by Gasteiger charge is 2.16. The maximum absolute atomic E-state index is 11.6. The normalized spacial score (nSPS) is 16.2. The van der Waals surface area contributed by atoms with Crippen LogP contribution in [-0.2, 0) is 9.59 Å². The molecule has 4 nitrogen and oxygen atoms in total. The lowest BCUT2D eigenvalue weighted by atomic mass is 9.88. The first-order valence-corrected chi connectivity index (χ1v) is 16.2. The van der Waals surface area contributed by atoms with Crippen LogP contribution >= 0.6 is 0 Å². The molecule has 2 aliphatic carbocycles. The molecule has 0 saturated heterocycles. The van der Waals surface area contributed by atoms with E-state index in [2.05, 4.69) is 0 Å². The quantitative estimate of drug-likeness (QED) is 0.153. The van der Waals surface area contributed by atoms with E-state index in [4.69, 9.17) is 10.2 Å². The van der Waals surface area contributed by atoms with Gasteiger partial charge in [-0.15, -0.1) is 0 Å². The molecule has 220 valence electrons. The van der Waals surface area contributed by atoms with Gasteiger partial charge in [0.25, 0.3) is 0 Å². The first-order chi connectivity index (χ1) is 18.5. The van der Waals surface area contributed by atoms with Crippen LogP contribution in [-0.4, -0.2) is 35.0 Å². The molecule has 38 heavy (non-hydrogen) atoms. The summed E-state index contributed by atoms with van der Waals surface area (Å²) in [6.07, 6.45) is 28.0. The second-order valence-corrected chi connectivity index (χ2v) is 11.6. The summed E-state index contributed by atoms with van der Waals surface area (Å²) in [7, 11) is 0. The third kappa shape index (κ3) is 16.6. The van der Waals surface area contributed by atoms with Gasteiger partial charge in [-0.1, -0.05) is 88.2 Å². The molecular formula is C34H60O4. The standard InChI is InChI=1S/2C17H30O2/c2*1-15-16(12-10-13-17(15)19)11-8-6-4-2-3-5-7-9-14-18/h2*18H,2-14H2,1H3. The van der Waals surface area contributed by atoms with Gasteiger partial charge in [0, 0.05) is 26.1 Å². The number of ketones is 2. The Kier molecular flexibility index (Phi) is 21.6. The van der Waals surface area contributed by atoms with Gasteiger partial charge in [0.05, 0.1) is 0 Å². The van der Waals surface area contributed by atoms with E-state index in [1.807, 2.05) is 13.8 Å². The molecule has 0 spiro atoms. The second-order valence-electron chi connectivity index (χ2n) is 11.6. The minimum absolute atomic E-state index is 0.340. The Balaban J connectivity index is 0.000000380. The van der Waals surface area contributed by atoms with Crippen molar-refractivity contribution in [1.82, 2.24) is 0 Å². The highest BCUT2D eigenvalue weighted by atomic mass is 16.3. The van der Waals surface area contributed by atoms with Crippen LogP contribution in [0.5, 0.6) is 0 Å². The first kappa shape index (κ1) is 34.8. The lowest BCUT2D eigenvalue weighted by molar-refractivity contribution is -0.116. The van der Waals surface area contributed by atoms with Crippen molar-refractivity contribution in [3.63, 3.8) is 0 Å². The number of Topliss-reactive ketones (excluding diaryl/α,β-unsaturated/α-hetero) is 2. The van der Waals surface area contributed by atoms with Crippen molar-refractivity contribution in [2.75, 3.05) is 13.2 Å². The molecule has 0 fully saturated rings. The van der Waals surface area contributed by atoms with Gasteiger partial charge in [0.1, 0.15) is 0 Å². The van der Waals surface area contributed by atoms with E-state index in [1.165, 1.54) is 101 Å². The number of unbranched alkanes of at least 4 members (excludes halogenated alkanes) is 14. The summed E-state index contributed by atoms with van der Waals surface area (Å²) in [6.45, 7) is 4.70. The molecule has 0 aromatic rings. The zero-order chi connectivity index (χ0) is 27.8. The van der Waals surface area contributed by atoms with Gasteiger partial charge in [-0.2, -0.15) is 0 Å². The van der Waals surface area contributed by atoms with Crippen LogP contribution in [0.15, 0.2) is 22.3 Å². The van der Waals surface area contributed by atoms with Gasteiger partial charge in [-0.25, -0.2) is 0 Å². The molecule has 0 amide bonds. The molecule has 0 heterocycles. The lowest BCUT2D eigenvalue weighted by Crippen LogP contribution is -2.09. The summed E-state index contributed by atoms with van der Waals surface area (Å²) in [6, 6.07) is 0. The van der Waals surface area contributed by atoms with Gasteiger partial charge in [0.2, 0.25) is 0 Å². The van der Waals surface area contributed by atoms with Crippen molar-refractivity contribution >= 4 is 11.6 Å². The summed E-state index contributed by atoms with van der Waals surface area (Å²) >= 11 is 0. The van der Waals surface area contributed by atoms with Crippen LogP contribution < -0.4 is 0 Å². The van der Waals surface area contributed by atoms with E-state index in [1.54, 1.807) is 0 Å². The first-order valence-electron chi connectivity index (χ1n) is 16.2. The van der Waals surface area contributed by atoms with Crippen LogP contribution in [0.2, 0.25) is 0 Å². The molecule has 0 unspecified atom stereocenters. The van der Waals surface area contributed by atoms with E-state index < -0.39 is 0 Å². The number of hydrogen-bond donors (Lipinski definition) is 2. The average molecular weight is 533 g/mol. The van der Waals surface area contributed by atoms with Crippen molar-refractivity contribution in [3.8, 4) is 0 Å². The third-order valence-corrected chi connectivity index (χ3v) is 8.44. The highest BCUT2D eigenvalue weighted by Crippen LogP contribution is 2.27. The molecule has 0 radical (unpaired) electrons. The number of rotatable bonds is 20. The molecule has 0 atom stereocenters. The average Bonchev–Trinajstić information content (AvgIpc) is 2.91. The molecule has 0 bridgehead atoms. The topological polar surface area (TPSA) is 74.6 Å². The molecule has 4 heteroatoms. The fourth-order valence-electron chi connectivity index (χ4n) is 5.72. The Morgan fingerprint density at radius 2 is 0.737 bits per heavy atom. The van der Waals surface area contributed by atoms with Gasteiger partial charge >= 0.3 is 0 Å². The summed E-state index contributed by atoms with van der Waals surface area (Å²) < 4.78 is 0. The molecule has 2 N–H and O–H groups in total. The molecule has 0 aromatic carbocycles. The molecule has 2 aliphatic rings. The van der Waals surface area contributed by atoms with E-state index in [9.17, 15) is 9.59 Å². The third-order valence-electron chi connectivity index (χ3n) is 8.44.